The summed E-state index contributed by atoms with van der Waals surface area (Å²) in [6.07, 6.45) is 3.17. The summed E-state index contributed by atoms with van der Waals surface area (Å²) < 4.78 is 5.88. The average molecular weight is 506 g/mol. The molecule has 4 aromatic rings. The van der Waals surface area contributed by atoms with E-state index in [0.29, 0.717) is 50.4 Å². The van der Waals surface area contributed by atoms with Crippen LogP contribution < -0.4 is 15.0 Å². The molecule has 0 spiro atoms. The number of aryl methyl sites for hydroxylation is 1. The molecule has 1 fully saturated rings. The highest BCUT2D eigenvalue weighted by Gasteiger charge is 2.24. The van der Waals surface area contributed by atoms with Crippen molar-refractivity contribution >= 4 is 45.1 Å². The molecule has 1 aliphatic heterocycles. The summed E-state index contributed by atoms with van der Waals surface area (Å²) >= 11 is 6.91. The molecule has 1 aliphatic rings. The topological polar surface area (TPSA) is 99.3 Å². The Morgan fingerprint density at radius 3 is 2.78 bits per heavy atom. The van der Waals surface area contributed by atoms with E-state index in [1.165, 1.54) is 6.08 Å². The molecule has 0 saturated carbocycles. The number of carbonyl (C=O) groups is 1. The van der Waals surface area contributed by atoms with Gasteiger partial charge in [0.2, 0.25) is 5.91 Å². The van der Waals surface area contributed by atoms with Crippen LogP contribution in [0.4, 0.5) is 5.82 Å². The number of amides is 1. The molecule has 0 aliphatic carbocycles. The van der Waals surface area contributed by atoms with Gasteiger partial charge in [0.1, 0.15) is 12.4 Å². The Morgan fingerprint density at radius 2 is 2.03 bits per heavy atom. The first-order valence-corrected chi connectivity index (χ1v) is 12.3. The highest BCUT2D eigenvalue weighted by molar-refractivity contribution is 6.35. The zero-order chi connectivity index (χ0) is 25.2. The largest absolute Gasteiger partial charge is 0.462 e. The molecule has 2 aromatic carbocycles. The molecule has 36 heavy (non-hydrogen) atoms. The molecule has 10 heteroatoms. The van der Waals surface area contributed by atoms with Crippen LogP contribution in [0.2, 0.25) is 5.02 Å². The first-order chi connectivity index (χ1) is 17.5. The highest BCUT2D eigenvalue weighted by Crippen LogP contribution is 2.39. The molecule has 5 rings (SSSR count). The van der Waals surface area contributed by atoms with Crippen molar-refractivity contribution in [2.45, 2.75) is 6.92 Å². The molecule has 0 atom stereocenters. The lowest BCUT2D eigenvalue weighted by atomic mass is 9.96. The summed E-state index contributed by atoms with van der Waals surface area (Å²) in [7, 11) is 1.87. The molecule has 1 amide bonds. The summed E-state index contributed by atoms with van der Waals surface area (Å²) in [4.78, 5) is 25.5. The smallest absolute Gasteiger partial charge is 0.318 e. The predicted octanol–water partition coefficient (Wildman–Crippen LogP) is 3.57. The summed E-state index contributed by atoms with van der Waals surface area (Å²) in [6, 6.07) is 8.31. The molecule has 0 bridgehead atoms. The van der Waals surface area contributed by atoms with Crippen LogP contribution in [0.3, 0.4) is 0 Å². The van der Waals surface area contributed by atoms with Gasteiger partial charge in [-0.05, 0) is 49.4 Å². The number of nitrogens with zero attached hydrogens (tertiary/aromatic N) is 5. The van der Waals surface area contributed by atoms with Crippen molar-refractivity contribution in [2.75, 3.05) is 51.3 Å². The molecule has 1 saturated heterocycles. The summed E-state index contributed by atoms with van der Waals surface area (Å²) in [5, 5.41) is 12.8. The summed E-state index contributed by atoms with van der Waals surface area (Å²) in [5.41, 5.74) is 4.66. The number of aromatic amines is 1. The van der Waals surface area contributed by atoms with E-state index >= 15 is 0 Å². The second kappa shape index (κ2) is 10.1. The van der Waals surface area contributed by atoms with Gasteiger partial charge in [0.25, 0.3) is 0 Å². The lowest BCUT2D eigenvalue weighted by Gasteiger charge is -2.35. The number of likely N-dealkylation sites (N-methyl/N-ethyl adjacent to an activating group) is 1. The number of anilines is 1. The molecule has 0 unspecified atom stereocenters. The van der Waals surface area contributed by atoms with Crippen molar-refractivity contribution in [3.05, 3.63) is 53.7 Å². The molecular formula is C26H28ClN7O2. The van der Waals surface area contributed by atoms with Crippen LogP contribution in [-0.2, 0) is 4.79 Å². The minimum Gasteiger partial charge on any atom is -0.462 e. The highest BCUT2D eigenvalue weighted by atomic mass is 35.5. The van der Waals surface area contributed by atoms with Gasteiger partial charge in [-0.2, -0.15) is 15.1 Å². The second-order valence-corrected chi connectivity index (χ2v) is 9.14. The Hall–Kier alpha value is -3.69. The average Bonchev–Trinajstić information content (AvgIpc) is 3.37. The van der Waals surface area contributed by atoms with Crippen LogP contribution in [0.5, 0.6) is 6.01 Å². The van der Waals surface area contributed by atoms with Gasteiger partial charge in [0.05, 0.1) is 17.2 Å². The summed E-state index contributed by atoms with van der Waals surface area (Å²) in [5.74, 6) is 0.687. The Kier molecular flexibility index (Phi) is 6.75. The van der Waals surface area contributed by atoms with Crippen molar-refractivity contribution < 1.29 is 9.53 Å². The quantitative estimate of drug-likeness (QED) is 0.292. The first-order valence-electron chi connectivity index (χ1n) is 11.9. The SMILES string of the molecule is C=CC(=O)N1CCN(c2nc(OCCNC)nc3cc(-c4c(C)ccc5[nH]ncc45)c(Cl)cc23)CC1. The maximum Gasteiger partial charge on any atom is 0.318 e. The third-order valence-corrected chi connectivity index (χ3v) is 6.81. The molecule has 2 N–H and O–H groups in total. The maximum absolute atomic E-state index is 12.1. The van der Waals surface area contributed by atoms with Crippen molar-refractivity contribution in [1.29, 1.82) is 0 Å². The number of rotatable bonds is 7. The number of fused-ring (bicyclic) bond motifs is 2. The van der Waals surface area contributed by atoms with E-state index in [1.807, 2.05) is 31.4 Å². The Labute approximate surface area is 214 Å². The number of H-pyrrole nitrogens is 1. The minimum atomic E-state index is -0.0604. The van der Waals surface area contributed by atoms with Crippen LogP contribution >= 0.6 is 11.6 Å². The number of hydrogen-bond acceptors (Lipinski definition) is 7. The number of carbonyl (C=O) groups excluding carboxylic acids is 1. The number of aromatic nitrogens is 4. The lowest BCUT2D eigenvalue weighted by molar-refractivity contribution is -0.126. The lowest BCUT2D eigenvalue weighted by Crippen LogP contribution is -2.48. The van der Waals surface area contributed by atoms with Gasteiger partial charge in [-0.25, -0.2) is 0 Å². The van der Waals surface area contributed by atoms with Crippen LogP contribution in [-0.4, -0.2) is 77.4 Å². The van der Waals surface area contributed by atoms with Gasteiger partial charge in [0.15, 0.2) is 0 Å². The van der Waals surface area contributed by atoms with E-state index in [2.05, 4.69) is 40.0 Å². The number of halogens is 1. The van der Waals surface area contributed by atoms with Crippen LogP contribution in [0, 0.1) is 6.92 Å². The molecular weight excluding hydrogens is 478 g/mol. The number of hydrogen-bond donors (Lipinski definition) is 2. The molecule has 9 nitrogen and oxygen atoms in total. The van der Waals surface area contributed by atoms with Gasteiger partial charge < -0.3 is 19.9 Å². The monoisotopic (exact) mass is 505 g/mol. The van der Waals surface area contributed by atoms with Gasteiger partial charge >= 0.3 is 6.01 Å². The van der Waals surface area contributed by atoms with Crippen molar-refractivity contribution in [2.24, 2.45) is 0 Å². The Morgan fingerprint density at radius 1 is 1.22 bits per heavy atom. The van der Waals surface area contributed by atoms with Gasteiger partial charge in [0, 0.05) is 54.1 Å². The minimum absolute atomic E-state index is 0.0604. The van der Waals surface area contributed by atoms with E-state index in [4.69, 9.17) is 26.3 Å². The molecule has 3 heterocycles. The molecule has 0 radical (unpaired) electrons. The van der Waals surface area contributed by atoms with Crippen molar-refractivity contribution in [3.63, 3.8) is 0 Å². The Balaban J connectivity index is 1.61. The number of nitrogens with one attached hydrogen (secondary N) is 2. The van der Waals surface area contributed by atoms with E-state index in [9.17, 15) is 4.79 Å². The summed E-state index contributed by atoms with van der Waals surface area (Å²) in [6.45, 7) is 9.21. The van der Waals surface area contributed by atoms with E-state index < -0.39 is 0 Å². The number of benzene rings is 2. The van der Waals surface area contributed by atoms with Crippen molar-refractivity contribution in [3.8, 4) is 17.1 Å². The maximum atomic E-state index is 12.1. The van der Waals surface area contributed by atoms with Gasteiger partial charge in [-0.3, -0.25) is 9.89 Å². The predicted molar refractivity (Wildman–Crippen MR) is 143 cm³/mol. The normalized spacial score (nSPS) is 14.0. The first kappa shape index (κ1) is 24.0. The van der Waals surface area contributed by atoms with E-state index in [0.717, 1.165) is 44.3 Å². The molecule has 2 aromatic heterocycles. The fourth-order valence-corrected chi connectivity index (χ4v) is 4.86. The van der Waals surface area contributed by atoms with Crippen LogP contribution in [0.1, 0.15) is 5.56 Å². The van der Waals surface area contributed by atoms with Gasteiger partial charge in [-0.15, -0.1) is 0 Å². The standard InChI is InChI=1S/C26H28ClN7O2/c1-4-23(35)33-8-10-34(11-9-33)25-18-13-20(27)17(14-22(18)30-26(31-25)36-12-7-28-3)24-16(2)5-6-21-19(24)15-29-32-21/h4-6,13-15,28H,1,7-12H2,2-3H3,(H,29,32). The fraction of sp³-hybridized carbons (Fsp3) is 0.308. The molecule has 186 valence electrons. The van der Waals surface area contributed by atoms with E-state index in [-0.39, 0.29) is 5.91 Å². The number of ether oxygens (including phenoxy) is 1. The third kappa shape index (κ3) is 4.47. The second-order valence-electron chi connectivity index (χ2n) is 8.74. The van der Waals surface area contributed by atoms with Crippen LogP contribution in [0.25, 0.3) is 32.9 Å². The van der Waals surface area contributed by atoms with Crippen LogP contribution in [0.15, 0.2) is 43.1 Å². The van der Waals surface area contributed by atoms with Gasteiger partial charge in [-0.1, -0.05) is 24.2 Å². The third-order valence-electron chi connectivity index (χ3n) is 6.49. The fourth-order valence-electron chi connectivity index (χ4n) is 4.61. The zero-order valence-corrected chi connectivity index (χ0v) is 21.1. The van der Waals surface area contributed by atoms with Crippen molar-refractivity contribution in [1.82, 2.24) is 30.4 Å². The van der Waals surface area contributed by atoms with E-state index in [1.54, 1.807) is 4.90 Å². The number of piperazine rings is 1. The zero-order valence-electron chi connectivity index (χ0n) is 20.3. The Bertz CT molecular complexity index is 1440.